The lowest BCUT2D eigenvalue weighted by molar-refractivity contribution is 0.590. The highest BCUT2D eigenvalue weighted by Crippen LogP contribution is 2.24. The third-order valence-corrected chi connectivity index (χ3v) is 4.71. The van der Waals surface area contributed by atoms with E-state index < -0.39 is 0 Å². The van der Waals surface area contributed by atoms with Crippen LogP contribution in [0.2, 0.25) is 5.02 Å². The van der Waals surface area contributed by atoms with Gasteiger partial charge in [0.15, 0.2) is 5.65 Å². The molecule has 1 aliphatic rings. The molecule has 3 heterocycles. The van der Waals surface area contributed by atoms with Gasteiger partial charge in [-0.3, -0.25) is 0 Å². The molecule has 1 N–H and O–H groups in total. The van der Waals surface area contributed by atoms with E-state index in [4.69, 9.17) is 11.6 Å². The number of hydrogen-bond acceptors (Lipinski definition) is 4. The molecule has 1 fully saturated rings. The number of piperazine rings is 1. The number of nitrogens with one attached hydrogen (secondary N) is 1. The Kier molecular flexibility index (Phi) is 4.36. The van der Waals surface area contributed by atoms with Crippen LogP contribution in [-0.4, -0.2) is 40.7 Å². The number of fused-ring (bicyclic) bond motifs is 1. The lowest BCUT2D eigenvalue weighted by Crippen LogP contribution is -2.43. The smallest absolute Gasteiger partial charge is 0.161 e. The van der Waals surface area contributed by atoms with Crippen molar-refractivity contribution in [3.8, 4) is 0 Å². The standard InChI is InChI=1S/C18H20ClN5/c19-15-3-1-2-14(12-15)5-9-24-13-22-17-16(4-6-21-18(17)24)23-10-7-20-8-11-23/h1-4,6,12-13,20H,5,7-11H2. The Morgan fingerprint density at radius 2 is 2.00 bits per heavy atom. The van der Waals surface area contributed by atoms with E-state index in [0.717, 1.165) is 55.3 Å². The first kappa shape index (κ1) is 15.4. The summed E-state index contributed by atoms with van der Waals surface area (Å²) in [6.45, 7) is 4.89. The van der Waals surface area contributed by atoms with Gasteiger partial charge in [0.05, 0.1) is 12.0 Å². The second kappa shape index (κ2) is 6.79. The molecule has 1 aliphatic heterocycles. The molecule has 5 nitrogen and oxygen atoms in total. The summed E-state index contributed by atoms with van der Waals surface area (Å²) in [6, 6.07) is 10.1. The van der Waals surface area contributed by atoms with Crippen LogP contribution in [0.3, 0.4) is 0 Å². The van der Waals surface area contributed by atoms with E-state index >= 15 is 0 Å². The maximum Gasteiger partial charge on any atom is 0.161 e. The van der Waals surface area contributed by atoms with Crippen molar-refractivity contribution in [1.29, 1.82) is 0 Å². The molecule has 0 bridgehead atoms. The highest BCUT2D eigenvalue weighted by atomic mass is 35.5. The van der Waals surface area contributed by atoms with Crippen LogP contribution >= 0.6 is 11.6 Å². The van der Waals surface area contributed by atoms with Gasteiger partial charge in [0.1, 0.15) is 5.52 Å². The molecule has 0 unspecified atom stereocenters. The fraction of sp³-hybridized carbons (Fsp3) is 0.333. The van der Waals surface area contributed by atoms with E-state index in [1.165, 1.54) is 11.3 Å². The van der Waals surface area contributed by atoms with Gasteiger partial charge in [0.2, 0.25) is 0 Å². The van der Waals surface area contributed by atoms with Crippen molar-refractivity contribution in [2.24, 2.45) is 0 Å². The largest absolute Gasteiger partial charge is 0.367 e. The van der Waals surface area contributed by atoms with Crippen molar-refractivity contribution < 1.29 is 0 Å². The predicted molar refractivity (Wildman–Crippen MR) is 97.8 cm³/mol. The van der Waals surface area contributed by atoms with Gasteiger partial charge in [-0.2, -0.15) is 0 Å². The Hall–Kier alpha value is -2.11. The van der Waals surface area contributed by atoms with E-state index in [-0.39, 0.29) is 0 Å². The third kappa shape index (κ3) is 3.09. The van der Waals surface area contributed by atoms with E-state index in [9.17, 15) is 0 Å². The quantitative estimate of drug-likeness (QED) is 0.792. The molecule has 0 amide bonds. The Balaban J connectivity index is 1.58. The predicted octanol–water partition coefficient (Wildman–Crippen LogP) is 2.74. The first-order valence-corrected chi connectivity index (χ1v) is 8.69. The molecule has 0 radical (unpaired) electrons. The molecule has 24 heavy (non-hydrogen) atoms. The van der Waals surface area contributed by atoms with Gasteiger partial charge in [0.25, 0.3) is 0 Å². The van der Waals surface area contributed by atoms with Gasteiger partial charge in [-0.1, -0.05) is 23.7 Å². The zero-order chi connectivity index (χ0) is 16.4. The second-order valence-corrected chi connectivity index (χ2v) is 6.49. The molecule has 0 atom stereocenters. The van der Waals surface area contributed by atoms with Gasteiger partial charge >= 0.3 is 0 Å². The molecule has 4 rings (SSSR count). The second-order valence-electron chi connectivity index (χ2n) is 6.06. The van der Waals surface area contributed by atoms with E-state index in [0.29, 0.717) is 0 Å². The highest BCUT2D eigenvalue weighted by Gasteiger charge is 2.16. The number of aromatic nitrogens is 3. The number of aryl methyl sites for hydroxylation is 2. The summed E-state index contributed by atoms with van der Waals surface area (Å²) in [5.74, 6) is 0. The lowest BCUT2D eigenvalue weighted by atomic mass is 10.1. The van der Waals surface area contributed by atoms with Gasteiger partial charge in [0, 0.05) is 43.9 Å². The molecule has 1 saturated heterocycles. The van der Waals surface area contributed by atoms with Crippen molar-refractivity contribution in [2.75, 3.05) is 31.1 Å². The van der Waals surface area contributed by atoms with E-state index in [2.05, 4.69) is 36.9 Å². The Morgan fingerprint density at radius 1 is 1.12 bits per heavy atom. The summed E-state index contributed by atoms with van der Waals surface area (Å²) < 4.78 is 2.13. The molecule has 0 spiro atoms. The minimum atomic E-state index is 0.780. The molecule has 124 valence electrons. The monoisotopic (exact) mass is 341 g/mol. The molecule has 3 aromatic rings. The van der Waals surface area contributed by atoms with Crippen LogP contribution in [0.25, 0.3) is 11.2 Å². The number of rotatable bonds is 4. The fourth-order valence-corrected chi connectivity index (χ4v) is 3.43. The maximum atomic E-state index is 6.07. The number of hydrogen-bond donors (Lipinski definition) is 1. The normalized spacial score (nSPS) is 15.1. The Bertz CT molecular complexity index is 838. The van der Waals surface area contributed by atoms with Gasteiger partial charge in [-0.15, -0.1) is 0 Å². The Labute approximate surface area is 146 Å². The topological polar surface area (TPSA) is 46.0 Å². The van der Waals surface area contributed by atoms with Crippen LogP contribution in [0, 0.1) is 0 Å². The first-order valence-electron chi connectivity index (χ1n) is 8.31. The van der Waals surface area contributed by atoms with Gasteiger partial charge in [-0.05, 0) is 30.2 Å². The van der Waals surface area contributed by atoms with Crippen molar-refractivity contribution in [2.45, 2.75) is 13.0 Å². The van der Waals surface area contributed by atoms with Crippen molar-refractivity contribution in [3.05, 3.63) is 53.4 Å². The summed E-state index contributed by atoms with van der Waals surface area (Å²) in [5.41, 5.74) is 4.35. The number of benzene rings is 1. The third-order valence-electron chi connectivity index (χ3n) is 4.47. The average Bonchev–Trinajstić information content (AvgIpc) is 3.04. The minimum absolute atomic E-state index is 0.780. The molecule has 1 aromatic carbocycles. The summed E-state index contributed by atoms with van der Waals surface area (Å²) in [6.07, 6.45) is 4.69. The van der Waals surface area contributed by atoms with E-state index in [1.54, 1.807) is 0 Å². The van der Waals surface area contributed by atoms with Crippen LogP contribution in [0.1, 0.15) is 5.56 Å². The molecular weight excluding hydrogens is 322 g/mol. The SMILES string of the molecule is Clc1cccc(CCn2cnc3c(N4CCNCC4)ccnc32)c1. The zero-order valence-corrected chi connectivity index (χ0v) is 14.2. The first-order chi connectivity index (χ1) is 11.8. The molecule has 6 heteroatoms. The maximum absolute atomic E-state index is 6.07. The fourth-order valence-electron chi connectivity index (χ4n) is 3.22. The molecule has 0 saturated carbocycles. The number of halogens is 1. The van der Waals surface area contributed by atoms with Crippen molar-refractivity contribution in [3.63, 3.8) is 0 Å². The van der Waals surface area contributed by atoms with Crippen molar-refractivity contribution in [1.82, 2.24) is 19.9 Å². The summed E-state index contributed by atoms with van der Waals surface area (Å²) in [4.78, 5) is 11.6. The zero-order valence-electron chi connectivity index (χ0n) is 13.5. The summed E-state index contributed by atoms with van der Waals surface area (Å²) >= 11 is 6.07. The Morgan fingerprint density at radius 3 is 2.83 bits per heavy atom. The van der Waals surface area contributed by atoms with Crippen LogP contribution < -0.4 is 10.2 Å². The molecule has 0 aliphatic carbocycles. The van der Waals surface area contributed by atoms with Gasteiger partial charge < -0.3 is 14.8 Å². The lowest BCUT2D eigenvalue weighted by Gasteiger charge is -2.29. The van der Waals surface area contributed by atoms with Crippen LogP contribution in [0.4, 0.5) is 5.69 Å². The minimum Gasteiger partial charge on any atom is -0.367 e. The van der Waals surface area contributed by atoms with E-state index in [1.807, 2.05) is 30.7 Å². The van der Waals surface area contributed by atoms with Gasteiger partial charge in [-0.25, -0.2) is 9.97 Å². The number of imidazole rings is 1. The number of pyridine rings is 1. The molecular formula is C18H20ClN5. The average molecular weight is 342 g/mol. The summed E-state index contributed by atoms with van der Waals surface area (Å²) in [7, 11) is 0. The summed E-state index contributed by atoms with van der Waals surface area (Å²) in [5, 5.41) is 4.17. The highest BCUT2D eigenvalue weighted by molar-refractivity contribution is 6.30. The van der Waals surface area contributed by atoms with Crippen LogP contribution in [0.15, 0.2) is 42.9 Å². The van der Waals surface area contributed by atoms with Crippen molar-refractivity contribution >= 4 is 28.5 Å². The van der Waals surface area contributed by atoms with Crippen LogP contribution in [0.5, 0.6) is 0 Å². The number of anilines is 1. The van der Waals surface area contributed by atoms with Crippen LogP contribution in [-0.2, 0) is 13.0 Å². The molecule has 2 aromatic heterocycles. The number of nitrogens with zero attached hydrogens (tertiary/aromatic N) is 4.